The van der Waals surface area contributed by atoms with E-state index in [1.54, 1.807) is 24.3 Å². The van der Waals surface area contributed by atoms with E-state index >= 15 is 0 Å². The summed E-state index contributed by atoms with van der Waals surface area (Å²) in [5.74, 6) is -1.86. The maximum atomic E-state index is 12.1. The van der Waals surface area contributed by atoms with Crippen molar-refractivity contribution >= 4 is 23.6 Å². The van der Waals surface area contributed by atoms with Gasteiger partial charge >= 0.3 is 5.97 Å². The highest BCUT2D eigenvalue weighted by Crippen LogP contribution is 2.14. The summed E-state index contributed by atoms with van der Waals surface area (Å²) in [5.41, 5.74) is 1.30. The molecule has 0 atom stereocenters. The number of nitrogens with one attached hydrogen (secondary N) is 1. The molecule has 2 N–H and O–H groups in total. The number of amides is 1. The number of nitro groups is 1. The van der Waals surface area contributed by atoms with E-state index in [0.29, 0.717) is 11.1 Å². The Morgan fingerprint density at radius 2 is 1.67 bits per heavy atom. The summed E-state index contributed by atoms with van der Waals surface area (Å²) in [4.78, 5) is 33.5. The van der Waals surface area contributed by atoms with E-state index in [1.165, 1.54) is 30.3 Å². The fourth-order valence-electron chi connectivity index (χ4n) is 1.91. The lowest BCUT2D eigenvalue weighted by molar-refractivity contribution is -0.384. The number of benzene rings is 2. The monoisotopic (exact) mass is 326 g/mol. The van der Waals surface area contributed by atoms with Gasteiger partial charge in [-0.1, -0.05) is 17.7 Å². The van der Waals surface area contributed by atoms with Gasteiger partial charge in [-0.2, -0.15) is 0 Å². The molecule has 2 rings (SSSR count). The number of carbonyl (C=O) groups excluding carboxylic acids is 1. The Balaban J connectivity index is 2.22. The fourth-order valence-corrected chi connectivity index (χ4v) is 1.91. The summed E-state index contributed by atoms with van der Waals surface area (Å²) in [5, 5.41) is 22.2. The van der Waals surface area contributed by atoms with Crippen molar-refractivity contribution in [2.45, 2.75) is 6.92 Å². The van der Waals surface area contributed by atoms with Gasteiger partial charge in [0.2, 0.25) is 0 Å². The van der Waals surface area contributed by atoms with Crippen LogP contribution >= 0.6 is 0 Å². The van der Waals surface area contributed by atoms with Gasteiger partial charge in [-0.25, -0.2) is 4.79 Å². The van der Waals surface area contributed by atoms with Crippen LogP contribution in [0.15, 0.2) is 54.2 Å². The Labute approximate surface area is 137 Å². The molecule has 0 unspecified atom stereocenters. The zero-order valence-corrected chi connectivity index (χ0v) is 12.7. The van der Waals surface area contributed by atoms with Gasteiger partial charge < -0.3 is 10.4 Å². The molecule has 0 spiro atoms. The standard InChI is InChI=1S/C17H14N2O5/c1-11-2-6-13(7-3-11)16(20)18-15(17(21)22)10-12-4-8-14(9-5-12)19(23)24/h2-10H,1H3,(H,18,20)(H,21,22)/b15-10-. The van der Waals surface area contributed by atoms with E-state index in [9.17, 15) is 24.8 Å². The summed E-state index contributed by atoms with van der Waals surface area (Å²) < 4.78 is 0. The third-order valence-corrected chi connectivity index (χ3v) is 3.21. The largest absolute Gasteiger partial charge is 0.477 e. The zero-order chi connectivity index (χ0) is 17.7. The minimum atomic E-state index is -1.31. The molecule has 0 saturated carbocycles. The molecule has 0 aliphatic carbocycles. The van der Waals surface area contributed by atoms with E-state index in [4.69, 9.17) is 0 Å². The van der Waals surface area contributed by atoms with Gasteiger partial charge in [0.05, 0.1) is 4.92 Å². The van der Waals surface area contributed by atoms with Crippen LogP contribution in [0.3, 0.4) is 0 Å². The van der Waals surface area contributed by atoms with Gasteiger partial charge in [-0.15, -0.1) is 0 Å². The first-order valence-corrected chi connectivity index (χ1v) is 6.94. The van der Waals surface area contributed by atoms with Crippen molar-refractivity contribution in [2.24, 2.45) is 0 Å². The van der Waals surface area contributed by atoms with Crippen LogP contribution in [0.25, 0.3) is 6.08 Å². The number of hydrogen-bond acceptors (Lipinski definition) is 4. The quantitative estimate of drug-likeness (QED) is 0.499. The summed E-state index contributed by atoms with van der Waals surface area (Å²) in [6.45, 7) is 1.87. The predicted molar refractivity (Wildman–Crippen MR) is 87.4 cm³/mol. The average Bonchev–Trinajstić information content (AvgIpc) is 2.55. The number of rotatable bonds is 5. The van der Waals surface area contributed by atoms with Gasteiger partial charge in [0.25, 0.3) is 11.6 Å². The van der Waals surface area contributed by atoms with Crippen molar-refractivity contribution in [3.63, 3.8) is 0 Å². The molecule has 0 fully saturated rings. The molecule has 2 aromatic carbocycles. The van der Waals surface area contributed by atoms with Gasteiger partial charge in [-0.05, 0) is 42.8 Å². The second-order valence-corrected chi connectivity index (χ2v) is 5.03. The minimum Gasteiger partial charge on any atom is -0.477 e. The number of nitro benzene ring substituents is 1. The van der Waals surface area contributed by atoms with Gasteiger partial charge in [0.1, 0.15) is 5.70 Å². The number of hydrogen-bond donors (Lipinski definition) is 2. The summed E-state index contributed by atoms with van der Waals surface area (Å²) in [6.07, 6.45) is 1.23. The van der Waals surface area contributed by atoms with Crippen molar-refractivity contribution in [3.8, 4) is 0 Å². The van der Waals surface area contributed by atoms with E-state index in [2.05, 4.69) is 5.32 Å². The zero-order valence-electron chi connectivity index (χ0n) is 12.7. The number of aliphatic carboxylic acids is 1. The highest BCUT2D eigenvalue weighted by Gasteiger charge is 2.13. The first-order valence-electron chi connectivity index (χ1n) is 6.94. The van der Waals surface area contributed by atoms with Crippen LogP contribution in [0, 0.1) is 17.0 Å². The lowest BCUT2D eigenvalue weighted by Crippen LogP contribution is -2.27. The Hall–Kier alpha value is -3.48. The third kappa shape index (κ3) is 4.26. The molecular weight excluding hydrogens is 312 g/mol. The maximum absolute atomic E-state index is 12.1. The molecule has 1 amide bonds. The maximum Gasteiger partial charge on any atom is 0.352 e. The molecule has 24 heavy (non-hydrogen) atoms. The van der Waals surface area contributed by atoms with Gasteiger partial charge in [-0.3, -0.25) is 14.9 Å². The number of aryl methyl sites for hydroxylation is 1. The molecule has 0 aromatic heterocycles. The summed E-state index contributed by atoms with van der Waals surface area (Å²) >= 11 is 0. The van der Waals surface area contributed by atoms with Crippen LogP contribution in [0.2, 0.25) is 0 Å². The molecule has 0 aliphatic rings. The van der Waals surface area contributed by atoms with Crippen molar-refractivity contribution < 1.29 is 19.6 Å². The van der Waals surface area contributed by atoms with E-state index in [1.807, 2.05) is 6.92 Å². The molecule has 2 aromatic rings. The van der Waals surface area contributed by atoms with Crippen molar-refractivity contribution in [2.75, 3.05) is 0 Å². The highest BCUT2D eigenvalue weighted by molar-refractivity contribution is 6.02. The van der Waals surface area contributed by atoms with Crippen molar-refractivity contribution in [3.05, 3.63) is 81.0 Å². The fraction of sp³-hybridized carbons (Fsp3) is 0.0588. The molecule has 0 heterocycles. The van der Waals surface area contributed by atoms with Crippen molar-refractivity contribution in [1.82, 2.24) is 5.32 Å². The molecule has 7 heteroatoms. The minimum absolute atomic E-state index is 0.104. The predicted octanol–water partition coefficient (Wildman–Crippen LogP) is 2.76. The number of carbonyl (C=O) groups is 2. The third-order valence-electron chi connectivity index (χ3n) is 3.21. The van der Waals surface area contributed by atoms with Gasteiger partial charge in [0, 0.05) is 17.7 Å². The molecule has 0 aliphatic heterocycles. The first-order chi connectivity index (χ1) is 11.4. The highest BCUT2D eigenvalue weighted by atomic mass is 16.6. The van der Waals surface area contributed by atoms with Crippen LogP contribution in [0.1, 0.15) is 21.5 Å². The molecule has 0 radical (unpaired) electrons. The first kappa shape index (κ1) is 16.9. The molecule has 0 bridgehead atoms. The van der Waals surface area contributed by atoms with Crippen LogP contribution in [-0.2, 0) is 4.79 Å². The summed E-state index contributed by atoms with van der Waals surface area (Å²) in [6, 6.07) is 12.0. The van der Waals surface area contributed by atoms with Crippen LogP contribution < -0.4 is 5.32 Å². The number of carboxylic acids is 1. The smallest absolute Gasteiger partial charge is 0.352 e. The van der Waals surface area contributed by atoms with Crippen LogP contribution in [0.5, 0.6) is 0 Å². The Bertz CT molecular complexity index is 808. The average molecular weight is 326 g/mol. The lowest BCUT2D eigenvalue weighted by atomic mass is 10.1. The second-order valence-electron chi connectivity index (χ2n) is 5.03. The number of non-ortho nitro benzene ring substituents is 1. The molecule has 122 valence electrons. The Morgan fingerprint density at radius 1 is 1.08 bits per heavy atom. The van der Waals surface area contributed by atoms with Crippen LogP contribution in [-0.4, -0.2) is 21.9 Å². The Kier molecular flexibility index (Phi) is 5.06. The number of carboxylic acid groups (broad SMARTS) is 1. The van der Waals surface area contributed by atoms with Crippen LogP contribution in [0.4, 0.5) is 5.69 Å². The summed E-state index contributed by atoms with van der Waals surface area (Å²) in [7, 11) is 0. The lowest BCUT2D eigenvalue weighted by Gasteiger charge is -2.06. The topological polar surface area (TPSA) is 110 Å². The van der Waals surface area contributed by atoms with E-state index in [0.717, 1.165) is 5.56 Å². The van der Waals surface area contributed by atoms with E-state index in [-0.39, 0.29) is 11.4 Å². The van der Waals surface area contributed by atoms with E-state index < -0.39 is 16.8 Å². The molecule has 0 saturated heterocycles. The second kappa shape index (κ2) is 7.19. The molecular formula is C17H14N2O5. The molecule has 7 nitrogen and oxygen atoms in total. The normalized spacial score (nSPS) is 11.0. The van der Waals surface area contributed by atoms with Gasteiger partial charge in [0.15, 0.2) is 0 Å². The Morgan fingerprint density at radius 3 is 2.17 bits per heavy atom. The number of nitrogens with zero attached hydrogens (tertiary/aromatic N) is 1. The van der Waals surface area contributed by atoms with Crippen molar-refractivity contribution in [1.29, 1.82) is 0 Å². The SMILES string of the molecule is Cc1ccc(C(=O)N/C(=C\c2ccc([N+](=O)[O-])cc2)C(=O)O)cc1.